The van der Waals surface area contributed by atoms with Gasteiger partial charge in [0.1, 0.15) is 18.1 Å². The molecule has 31 heavy (non-hydrogen) atoms. The Balaban J connectivity index is 1.15. The Bertz CT molecular complexity index is 1190. The highest BCUT2D eigenvalue weighted by Gasteiger charge is 2.23. The second-order valence-electron chi connectivity index (χ2n) is 7.84. The molecule has 1 amide bonds. The Labute approximate surface area is 186 Å². The summed E-state index contributed by atoms with van der Waals surface area (Å²) in [6.45, 7) is 4.55. The molecule has 0 aliphatic carbocycles. The highest BCUT2D eigenvalue weighted by Crippen LogP contribution is 2.31. The number of piperazine rings is 1. The monoisotopic (exact) mass is 433 g/mol. The number of aromatic nitrogens is 1. The third kappa shape index (κ3) is 4.11. The molecule has 0 saturated carbocycles. The van der Waals surface area contributed by atoms with Gasteiger partial charge >= 0.3 is 0 Å². The fourth-order valence-electron chi connectivity index (χ4n) is 4.18. The summed E-state index contributed by atoms with van der Waals surface area (Å²) in [5, 5.41) is 3.84. The Morgan fingerprint density at radius 1 is 0.935 bits per heavy atom. The van der Waals surface area contributed by atoms with Crippen LogP contribution in [0.4, 0.5) is 0 Å². The van der Waals surface area contributed by atoms with Crippen molar-refractivity contribution < 1.29 is 9.53 Å². The molecule has 0 radical (unpaired) electrons. The zero-order chi connectivity index (χ0) is 21.2. The van der Waals surface area contributed by atoms with Gasteiger partial charge in [-0.1, -0.05) is 54.1 Å². The van der Waals surface area contributed by atoms with E-state index in [2.05, 4.69) is 9.88 Å². The predicted molar refractivity (Wildman–Crippen MR) is 125 cm³/mol. The first-order valence-corrected chi connectivity index (χ1v) is 11.0. The second-order valence-corrected chi connectivity index (χ2v) is 8.25. The minimum atomic E-state index is 0.0692. The van der Waals surface area contributed by atoms with Gasteiger partial charge in [0.05, 0.1) is 0 Å². The van der Waals surface area contributed by atoms with E-state index in [0.29, 0.717) is 12.3 Å². The van der Waals surface area contributed by atoms with Gasteiger partial charge in [-0.3, -0.25) is 9.69 Å². The molecule has 3 aromatic carbocycles. The van der Waals surface area contributed by atoms with Gasteiger partial charge < -0.3 is 14.6 Å². The normalized spacial score (nSPS) is 14.9. The molecule has 2 heterocycles. The van der Waals surface area contributed by atoms with Crippen molar-refractivity contribution in [2.75, 3.05) is 39.3 Å². The van der Waals surface area contributed by atoms with Crippen LogP contribution in [0.15, 0.2) is 66.7 Å². The average molecular weight is 434 g/mol. The summed E-state index contributed by atoms with van der Waals surface area (Å²) in [6.07, 6.45) is 0. The van der Waals surface area contributed by atoms with Crippen LogP contribution in [0.2, 0.25) is 5.02 Å². The molecule has 6 heteroatoms. The molecule has 0 spiro atoms. The van der Waals surface area contributed by atoms with Crippen LogP contribution in [0.1, 0.15) is 10.5 Å². The predicted octanol–water partition coefficient (Wildman–Crippen LogP) is 4.81. The maximum Gasteiger partial charge on any atom is 0.270 e. The molecule has 1 aromatic heterocycles. The summed E-state index contributed by atoms with van der Waals surface area (Å²) >= 11 is 6.29. The topological polar surface area (TPSA) is 48.6 Å². The number of para-hydroxylation sites is 1. The minimum absolute atomic E-state index is 0.0692. The van der Waals surface area contributed by atoms with Crippen molar-refractivity contribution in [3.05, 3.63) is 77.4 Å². The number of fused-ring (bicyclic) bond motifs is 2. The summed E-state index contributed by atoms with van der Waals surface area (Å²) in [6, 6.07) is 21.7. The van der Waals surface area contributed by atoms with E-state index in [1.54, 1.807) is 0 Å². The highest BCUT2D eigenvalue weighted by molar-refractivity contribution is 6.35. The number of H-pyrrole nitrogens is 1. The fraction of sp³-hybridized carbons (Fsp3) is 0.240. The van der Waals surface area contributed by atoms with Gasteiger partial charge in [0.25, 0.3) is 5.91 Å². The van der Waals surface area contributed by atoms with E-state index in [4.69, 9.17) is 16.3 Å². The minimum Gasteiger partial charge on any atom is -0.492 e. The molecular formula is C25H24ClN3O2. The number of hydrogen-bond donors (Lipinski definition) is 1. The lowest BCUT2D eigenvalue weighted by molar-refractivity contribution is 0.0616. The number of carbonyl (C=O) groups excluding carboxylic acids is 1. The summed E-state index contributed by atoms with van der Waals surface area (Å²) in [7, 11) is 0. The van der Waals surface area contributed by atoms with Crippen LogP contribution >= 0.6 is 11.6 Å². The third-order valence-corrected chi connectivity index (χ3v) is 6.25. The molecule has 0 bridgehead atoms. The molecule has 1 N–H and O–H groups in total. The molecule has 1 saturated heterocycles. The number of aromatic amines is 1. The van der Waals surface area contributed by atoms with Crippen LogP contribution in [-0.2, 0) is 0 Å². The number of nitrogens with zero attached hydrogens (tertiary/aromatic N) is 2. The number of rotatable bonds is 5. The van der Waals surface area contributed by atoms with E-state index >= 15 is 0 Å². The molecule has 5 nitrogen and oxygen atoms in total. The Morgan fingerprint density at radius 2 is 1.68 bits per heavy atom. The fourth-order valence-corrected chi connectivity index (χ4v) is 4.41. The largest absolute Gasteiger partial charge is 0.492 e. The lowest BCUT2D eigenvalue weighted by atomic mass is 10.1. The maximum absolute atomic E-state index is 12.9. The van der Waals surface area contributed by atoms with Crippen molar-refractivity contribution in [1.29, 1.82) is 0 Å². The van der Waals surface area contributed by atoms with Crippen LogP contribution in [-0.4, -0.2) is 60.0 Å². The number of benzene rings is 3. The number of amides is 1. The van der Waals surface area contributed by atoms with Crippen molar-refractivity contribution in [2.45, 2.75) is 0 Å². The van der Waals surface area contributed by atoms with Gasteiger partial charge in [-0.25, -0.2) is 0 Å². The second kappa shape index (κ2) is 8.61. The molecule has 1 fully saturated rings. The first-order valence-electron chi connectivity index (χ1n) is 10.6. The van der Waals surface area contributed by atoms with Gasteiger partial charge in [-0.05, 0) is 24.3 Å². The van der Waals surface area contributed by atoms with Gasteiger partial charge in [-0.2, -0.15) is 0 Å². The van der Waals surface area contributed by atoms with Crippen molar-refractivity contribution >= 4 is 39.2 Å². The van der Waals surface area contributed by atoms with E-state index in [9.17, 15) is 4.79 Å². The maximum atomic E-state index is 12.9. The standard InChI is InChI=1S/C25H24ClN3O2/c26-21-9-10-24(20-7-3-2-6-19(20)21)31-16-15-28-11-13-29(14-12-28)25(30)23-17-18-5-1-4-8-22(18)27-23/h1-10,17,27H,11-16H2. The number of halogens is 1. The molecule has 158 valence electrons. The van der Waals surface area contributed by atoms with E-state index < -0.39 is 0 Å². The average Bonchev–Trinajstić information content (AvgIpc) is 3.25. The van der Waals surface area contributed by atoms with E-state index in [-0.39, 0.29) is 5.91 Å². The summed E-state index contributed by atoms with van der Waals surface area (Å²) in [4.78, 5) is 20.4. The zero-order valence-corrected chi connectivity index (χ0v) is 17.9. The third-order valence-electron chi connectivity index (χ3n) is 5.92. The molecule has 0 atom stereocenters. The molecule has 5 rings (SSSR count). The van der Waals surface area contributed by atoms with E-state index in [1.807, 2.05) is 71.6 Å². The van der Waals surface area contributed by atoms with Crippen LogP contribution < -0.4 is 4.74 Å². The van der Waals surface area contributed by atoms with Crippen molar-refractivity contribution in [3.8, 4) is 5.75 Å². The molecule has 1 aliphatic rings. The number of nitrogens with one attached hydrogen (secondary N) is 1. The van der Waals surface area contributed by atoms with Gasteiger partial charge in [-0.15, -0.1) is 0 Å². The summed E-state index contributed by atoms with van der Waals surface area (Å²) < 4.78 is 6.07. The van der Waals surface area contributed by atoms with Crippen LogP contribution in [0.3, 0.4) is 0 Å². The van der Waals surface area contributed by atoms with Crippen molar-refractivity contribution in [1.82, 2.24) is 14.8 Å². The first-order chi connectivity index (χ1) is 15.2. The Kier molecular flexibility index (Phi) is 5.53. The smallest absolute Gasteiger partial charge is 0.270 e. The van der Waals surface area contributed by atoms with Gasteiger partial charge in [0, 0.05) is 59.4 Å². The van der Waals surface area contributed by atoms with Crippen LogP contribution in [0.5, 0.6) is 5.75 Å². The zero-order valence-electron chi connectivity index (χ0n) is 17.2. The quantitative estimate of drug-likeness (QED) is 0.491. The van der Waals surface area contributed by atoms with Crippen molar-refractivity contribution in [2.24, 2.45) is 0 Å². The Hall–Kier alpha value is -3.02. The molecular weight excluding hydrogens is 410 g/mol. The first kappa shape index (κ1) is 19.9. The number of hydrogen-bond acceptors (Lipinski definition) is 3. The molecule has 0 unspecified atom stereocenters. The highest BCUT2D eigenvalue weighted by atomic mass is 35.5. The van der Waals surface area contributed by atoms with Gasteiger partial charge in [0.2, 0.25) is 0 Å². The van der Waals surface area contributed by atoms with Crippen LogP contribution in [0.25, 0.3) is 21.7 Å². The summed E-state index contributed by atoms with van der Waals surface area (Å²) in [5.41, 5.74) is 1.66. The summed E-state index contributed by atoms with van der Waals surface area (Å²) in [5.74, 6) is 0.923. The molecule has 4 aromatic rings. The molecule has 1 aliphatic heterocycles. The van der Waals surface area contributed by atoms with Crippen molar-refractivity contribution in [3.63, 3.8) is 0 Å². The Morgan fingerprint density at radius 3 is 2.48 bits per heavy atom. The number of carbonyl (C=O) groups is 1. The number of ether oxygens (including phenoxy) is 1. The van der Waals surface area contributed by atoms with E-state index in [1.165, 1.54) is 0 Å². The van der Waals surface area contributed by atoms with Gasteiger partial charge in [0.15, 0.2) is 0 Å². The van der Waals surface area contributed by atoms with E-state index in [0.717, 1.165) is 65.2 Å². The SMILES string of the molecule is O=C(c1cc2ccccc2[nH]1)N1CCN(CCOc2ccc(Cl)c3ccccc23)CC1. The lowest BCUT2D eigenvalue weighted by Crippen LogP contribution is -2.49. The van der Waals surface area contributed by atoms with Crippen LogP contribution in [0, 0.1) is 0 Å². The lowest BCUT2D eigenvalue weighted by Gasteiger charge is -2.34.